The summed E-state index contributed by atoms with van der Waals surface area (Å²) in [7, 11) is 1.92. The Labute approximate surface area is 160 Å². The van der Waals surface area contributed by atoms with Gasteiger partial charge in [-0.3, -0.25) is 4.79 Å². The molecule has 1 aliphatic rings. The van der Waals surface area contributed by atoms with Crippen molar-refractivity contribution in [1.82, 2.24) is 14.9 Å². The van der Waals surface area contributed by atoms with Gasteiger partial charge in [-0.25, -0.2) is 4.98 Å². The highest BCUT2D eigenvalue weighted by Crippen LogP contribution is 2.24. The molecule has 1 atom stereocenters. The zero-order chi connectivity index (χ0) is 18.6. The van der Waals surface area contributed by atoms with E-state index < -0.39 is 0 Å². The highest BCUT2D eigenvalue weighted by Gasteiger charge is 2.25. The van der Waals surface area contributed by atoms with Crippen LogP contribution in [-0.2, 0) is 11.2 Å². The van der Waals surface area contributed by atoms with E-state index in [-0.39, 0.29) is 5.91 Å². The number of nitrogens with zero attached hydrogens (tertiary/aromatic N) is 3. The van der Waals surface area contributed by atoms with E-state index in [1.807, 2.05) is 42.3 Å². The maximum Gasteiger partial charge on any atom is 0.222 e. The Balaban J connectivity index is 1.27. The van der Waals surface area contributed by atoms with Crippen molar-refractivity contribution in [2.24, 2.45) is 5.92 Å². The van der Waals surface area contributed by atoms with Gasteiger partial charge in [0.05, 0.1) is 11.0 Å². The molecule has 1 N–H and O–H groups in total. The number of aryl methyl sites for hydroxylation is 1. The Morgan fingerprint density at radius 1 is 1.19 bits per heavy atom. The molecular formula is C22H26N4O. The highest BCUT2D eigenvalue weighted by atomic mass is 16.2. The minimum absolute atomic E-state index is 0.189. The van der Waals surface area contributed by atoms with Gasteiger partial charge < -0.3 is 14.8 Å². The molecule has 1 fully saturated rings. The van der Waals surface area contributed by atoms with Crippen LogP contribution in [0.1, 0.15) is 18.7 Å². The number of amides is 1. The molecule has 1 amide bonds. The first kappa shape index (κ1) is 17.6. The molecule has 3 aromatic rings. The maximum absolute atomic E-state index is 12.5. The van der Waals surface area contributed by atoms with Crippen molar-refractivity contribution in [3.05, 3.63) is 60.4 Å². The molecule has 5 heteroatoms. The second kappa shape index (κ2) is 7.82. The van der Waals surface area contributed by atoms with Gasteiger partial charge in [-0.05, 0) is 36.6 Å². The number of aromatic amines is 1. The number of hydrogen-bond donors (Lipinski definition) is 1. The summed E-state index contributed by atoms with van der Waals surface area (Å²) < 4.78 is 0. The summed E-state index contributed by atoms with van der Waals surface area (Å²) in [4.78, 5) is 24.7. The number of anilines is 1. The topological polar surface area (TPSA) is 52.2 Å². The second-order valence-electron chi connectivity index (χ2n) is 7.41. The number of imidazole rings is 1. The first-order valence-electron chi connectivity index (χ1n) is 9.66. The van der Waals surface area contributed by atoms with Crippen LogP contribution in [0.15, 0.2) is 54.6 Å². The van der Waals surface area contributed by atoms with Crippen LogP contribution >= 0.6 is 0 Å². The number of benzene rings is 2. The summed E-state index contributed by atoms with van der Waals surface area (Å²) in [5.74, 6) is 1.60. The molecule has 1 saturated heterocycles. The van der Waals surface area contributed by atoms with E-state index in [0.717, 1.165) is 42.9 Å². The minimum Gasteiger partial charge on any atom is -0.371 e. The van der Waals surface area contributed by atoms with Crippen LogP contribution in [0.5, 0.6) is 0 Å². The molecule has 0 bridgehead atoms. The van der Waals surface area contributed by atoms with E-state index in [1.165, 1.54) is 5.69 Å². The number of H-pyrrole nitrogens is 1. The van der Waals surface area contributed by atoms with Gasteiger partial charge in [-0.1, -0.05) is 30.3 Å². The number of rotatable bonds is 6. The molecule has 2 heterocycles. The van der Waals surface area contributed by atoms with Gasteiger partial charge in [0.25, 0.3) is 0 Å². The van der Waals surface area contributed by atoms with Crippen molar-refractivity contribution in [3.8, 4) is 0 Å². The van der Waals surface area contributed by atoms with Crippen LogP contribution in [0.3, 0.4) is 0 Å². The molecule has 140 valence electrons. The zero-order valence-corrected chi connectivity index (χ0v) is 15.8. The molecule has 4 rings (SSSR count). The third-order valence-corrected chi connectivity index (χ3v) is 5.38. The first-order valence-corrected chi connectivity index (χ1v) is 9.66. The molecule has 1 aliphatic heterocycles. The molecular weight excluding hydrogens is 336 g/mol. The Hall–Kier alpha value is -2.82. The van der Waals surface area contributed by atoms with Crippen molar-refractivity contribution < 1.29 is 4.79 Å². The molecule has 1 aromatic heterocycles. The summed E-state index contributed by atoms with van der Waals surface area (Å²) in [6.45, 7) is 2.91. The number of nitrogens with one attached hydrogen (secondary N) is 1. The molecule has 0 aliphatic carbocycles. The van der Waals surface area contributed by atoms with E-state index in [9.17, 15) is 4.79 Å². The average molecular weight is 362 g/mol. The highest BCUT2D eigenvalue weighted by molar-refractivity contribution is 5.77. The quantitative estimate of drug-likeness (QED) is 0.730. The largest absolute Gasteiger partial charge is 0.371 e. The van der Waals surface area contributed by atoms with Gasteiger partial charge in [0, 0.05) is 45.2 Å². The molecule has 5 nitrogen and oxygen atoms in total. The monoisotopic (exact) mass is 362 g/mol. The number of carbonyl (C=O) groups is 1. The normalized spacial score (nSPS) is 16.8. The summed E-state index contributed by atoms with van der Waals surface area (Å²) in [6, 6.07) is 18.5. The molecule has 0 unspecified atom stereocenters. The summed E-state index contributed by atoms with van der Waals surface area (Å²) in [5, 5.41) is 0. The summed E-state index contributed by atoms with van der Waals surface area (Å²) in [6.07, 6.45) is 2.28. The zero-order valence-electron chi connectivity index (χ0n) is 15.8. The SMILES string of the molecule is CN(C[C@@H]1CCN(c2ccccc2)C1)C(=O)CCc1nc2ccccc2[nH]1. The third kappa shape index (κ3) is 4.13. The van der Waals surface area contributed by atoms with Crippen molar-refractivity contribution >= 4 is 22.6 Å². The Bertz CT molecular complexity index is 872. The van der Waals surface area contributed by atoms with E-state index in [1.54, 1.807) is 0 Å². The van der Waals surface area contributed by atoms with Gasteiger partial charge in [0.1, 0.15) is 5.82 Å². The molecule has 27 heavy (non-hydrogen) atoms. The molecule has 0 saturated carbocycles. The van der Waals surface area contributed by atoms with Crippen molar-refractivity contribution in [3.63, 3.8) is 0 Å². The standard InChI is InChI=1S/C22H26N4O/c1-25(15-17-13-14-26(16-17)18-7-3-2-4-8-18)22(27)12-11-21-23-19-9-5-6-10-20(19)24-21/h2-10,17H,11-16H2,1H3,(H,23,24)/t17-/m0/s1. The third-order valence-electron chi connectivity index (χ3n) is 5.38. The predicted molar refractivity (Wildman–Crippen MR) is 109 cm³/mol. The summed E-state index contributed by atoms with van der Waals surface area (Å²) >= 11 is 0. The second-order valence-corrected chi connectivity index (χ2v) is 7.41. The van der Waals surface area contributed by atoms with Gasteiger partial charge in [-0.2, -0.15) is 0 Å². The maximum atomic E-state index is 12.5. The van der Waals surface area contributed by atoms with Gasteiger partial charge in [0.15, 0.2) is 0 Å². The lowest BCUT2D eigenvalue weighted by molar-refractivity contribution is -0.130. The number of hydrogen-bond acceptors (Lipinski definition) is 3. The van der Waals surface area contributed by atoms with Crippen LogP contribution in [0.2, 0.25) is 0 Å². The molecule has 0 radical (unpaired) electrons. The predicted octanol–water partition coefficient (Wildman–Crippen LogP) is 3.48. The molecule has 2 aromatic carbocycles. The Kier molecular flexibility index (Phi) is 5.10. The van der Waals surface area contributed by atoms with Crippen molar-refractivity contribution in [2.45, 2.75) is 19.3 Å². The van der Waals surface area contributed by atoms with E-state index >= 15 is 0 Å². The Morgan fingerprint density at radius 3 is 2.78 bits per heavy atom. The number of fused-ring (bicyclic) bond motifs is 1. The smallest absolute Gasteiger partial charge is 0.222 e. The fraction of sp³-hybridized carbons (Fsp3) is 0.364. The number of carbonyl (C=O) groups excluding carboxylic acids is 1. The molecule has 0 spiro atoms. The Morgan fingerprint density at radius 2 is 1.96 bits per heavy atom. The van der Waals surface area contributed by atoms with Gasteiger partial charge in [-0.15, -0.1) is 0 Å². The minimum atomic E-state index is 0.189. The van der Waals surface area contributed by atoms with E-state index in [2.05, 4.69) is 39.1 Å². The van der Waals surface area contributed by atoms with Gasteiger partial charge >= 0.3 is 0 Å². The lowest BCUT2D eigenvalue weighted by Gasteiger charge is -2.22. The average Bonchev–Trinajstić information content (AvgIpc) is 3.33. The van der Waals surface area contributed by atoms with Crippen molar-refractivity contribution in [2.75, 3.05) is 31.6 Å². The van der Waals surface area contributed by atoms with Crippen LogP contribution in [-0.4, -0.2) is 47.5 Å². The van der Waals surface area contributed by atoms with Crippen LogP contribution in [0.4, 0.5) is 5.69 Å². The fourth-order valence-electron chi connectivity index (χ4n) is 3.88. The number of aromatic nitrogens is 2. The lowest BCUT2D eigenvalue weighted by Crippen LogP contribution is -2.33. The van der Waals surface area contributed by atoms with Crippen LogP contribution < -0.4 is 4.90 Å². The van der Waals surface area contributed by atoms with Crippen LogP contribution in [0, 0.1) is 5.92 Å². The van der Waals surface area contributed by atoms with E-state index in [0.29, 0.717) is 18.8 Å². The summed E-state index contributed by atoms with van der Waals surface area (Å²) in [5.41, 5.74) is 3.26. The van der Waals surface area contributed by atoms with E-state index in [4.69, 9.17) is 0 Å². The lowest BCUT2D eigenvalue weighted by atomic mass is 10.1. The number of para-hydroxylation sites is 3. The van der Waals surface area contributed by atoms with Crippen LogP contribution in [0.25, 0.3) is 11.0 Å². The fourth-order valence-corrected chi connectivity index (χ4v) is 3.88. The van der Waals surface area contributed by atoms with Gasteiger partial charge in [0.2, 0.25) is 5.91 Å². The first-order chi connectivity index (χ1) is 13.2. The van der Waals surface area contributed by atoms with Crippen molar-refractivity contribution in [1.29, 1.82) is 0 Å².